The zero-order valence-electron chi connectivity index (χ0n) is 8.07. The first kappa shape index (κ1) is 10.5. The van der Waals surface area contributed by atoms with Crippen LogP contribution in [0.1, 0.15) is 26.2 Å². The highest BCUT2D eigenvalue weighted by molar-refractivity contribution is 5.81. The predicted molar refractivity (Wildman–Crippen MR) is 50.1 cm³/mol. The van der Waals surface area contributed by atoms with E-state index in [1.807, 2.05) is 6.92 Å². The molecule has 0 aromatic heterocycles. The van der Waals surface area contributed by atoms with Crippen molar-refractivity contribution in [3.05, 3.63) is 0 Å². The molecule has 76 valence electrons. The van der Waals surface area contributed by atoms with Crippen LogP contribution in [-0.4, -0.2) is 41.1 Å². The molecule has 1 unspecified atom stereocenters. The first-order chi connectivity index (χ1) is 6.15. The number of rotatable bonds is 2. The summed E-state index contributed by atoms with van der Waals surface area (Å²) in [6.07, 6.45) is 1.97. The molecule has 1 rings (SSSR count). The molecule has 0 bridgehead atoms. The number of hydrogen-bond acceptors (Lipinski definition) is 3. The summed E-state index contributed by atoms with van der Waals surface area (Å²) in [5, 5.41) is 9.35. The summed E-state index contributed by atoms with van der Waals surface area (Å²) < 4.78 is 0. The second-order valence-electron chi connectivity index (χ2n) is 3.60. The second kappa shape index (κ2) is 4.58. The highest BCUT2D eigenvalue weighted by atomic mass is 16.3. The van der Waals surface area contributed by atoms with Crippen molar-refractivity contribution >= 4 is 5.91 Å². The van der Waals surface area contributed by atoms with Crippen molar-refractivity contribution in [2.45, 2.75) is 38.3 Å². The van der Waals surface area contributed by atoms with E-state index in [-0.39, 0.29) is 12.0 Å². The molecule has 0 spiro atoms. The molecular formula is C9H18N2O2. The third kappa shape index (κ3) is 2.67. The number of hydrogen-bond donors (Lipinski definition) is 2. The quantitative estimate of drug-likeness (QED) is 0.622. The van der Waals surface area contributed by atoms with Crippen LogP contribution in [0.2, 0.25) is 0 Å². The Bertz CT molecular complexity index is 184. The third-order valence-corrected chi connectivity index (χ3v) is 2.47. The van der Waals surface area contributed by atoms with E-state index in [4.69, 9.17) is 5.73 Å². The van der Waals surface area contributed by atoms with E-state index in [2.05, 4.69) is 0 Å². The van der Waals surface area contributed by atoms with Crippen molar-refractivity contribution in [2.24, 2.45) is 5.73 Å². The minimum absolute atomic E-state index is 0.0266. The van der Waals surface area contributed by atoms with Crippen molar-refractivity contribution < 1.29 is 9.90 Å². The molecule has 1 amide bonds. The number of aliphatic hydroxyl groups excluding tert-OH is 1. The van der Waals surface area contributed by atoms with Crippen molar-refractivity contribution in [2.75, 3.05) is 13.1 Å². The van der Waals surface area contributed by atoms with E-state index in [1.54, 1.807) is 4.90 Å². The molecule has 0 radical (unpaired) electrons. The Balaban J connectivity index is 2.46. The Kier molecular flexibility index (Phi) is 3.69. The molecule has 0 aromatic rings. The third-order valence-electron chi connectivity index (χ3n) is 2.47. The van der Waals surface area contributed by atoms with Gasteiger partial charge in [-0.3, -0.25) is 4.79 Å². The smallest absolute Gasteiger partial charge is 0.239 e. The molecule has 1 aliphatic heterocycles. The van der Waals surface area contributed by atoms with Gasteiger partial charge in [0.1, 0.15) is 0 Å². The zero-order valence-corrected chi connectivity index (χ0v) is 8.07. The van der Waals surface area contributed by atoms with Crippen molar-refractivity contribution in [3.8, 4) is 0 Å². The molecule has 13 heavy (non-hydrogen) atoms. The standard InChI is InChI=1S/C9H18N2O2/c1-2-8(10)9(13)11-5-3-4-7(12)6-11/h7-8,12H,2-6,10H2,1H3/t7?,8-/m1/s1. The first-order valence-electron chi connectivity index (χ1n) is 4.87. The molecular weight excluding hydrogens is 168 g/mol. The zero-order chi connectivity index (χ0) is 9.84. The van der Waals surface area contributed by atoms with Crippen LogP contribution in [0, 0.1) is 0 Å². The molecule has 1 saturated heterocycles. The van der Waals surface area contributed by atoms with E-state index in [0.29, 0.717) is 13.0 Å². The fourth-order valence-electron chi connectivity index (χ4n) is 1.56. The van der Waals surface area contributed by atoms with E-state index in [0.717, 1.165) is 19.4 Å². The number of likely N-dealkylation sites (tertiary alicyclic amines) is 1. The SMILES string of the molecule is CC[C@@H](N)C(=O)N1CCCC(O)C1. The van der Waals surface area contributed by atoms with Gasteiger partial charge in [0.25, 0.3) is 0 Å². The summed E-state index contributed by atoms with van der Waals surface area (Å²) in [6.45, 7) is 3.08. The average molecular weight is 186 g/mol. The van der Waals surface area contributed by atoms with Crippen LogP contribution >= 0.6 is 0 Å². The lowest BCUT2D eigenvalue weighted by atomic mass is 10.1. The maximum Gasteiger partial charge on any atom is 0.239 e. The summed E-state index contributed by atoms with van der Waals surface area (Å²) in [6, 6.07) is -0.398. The summed E-state index contributed by atoms with van der Waals surface area (Å²) >= 11 is 0. The van der Waals surface area contributed by atoms with Crippen LogP contribution in [0.5, 0.6) is 0 Å². The van der Waals surface area contributed by atoms with Gasteiger partial charge in [0, 0.05) is 13.1 Å². The molecule has 4 nitrogen and oxygen atoms in total. The molecule has 4 heteroatoms. The van der Waals surface area contributed by atoms with Crippen LogP contribution in [0.4, 0.5) is 0 Å². The molecule has 1 heterocycles. The van der Waals surface area contributed by atoms with E-state index in [1.165, 1.54) is 0 Å². The van der Waals surface area contributed by atoms with Gasteiger partial charge in [-0.2, -0.15) is 0 Å². The maximum absolute atomic E-state index is 11.6. The highest BCUT2D eigenvalue weighted by Gasteiger charge is 2.24. The van der Waals surface area contributed by atoms with Gasteiger partial charge in [0.15, 0.2) is 0 Å². The lowest BCUT2D eigenvalue weighted by molar-refractivity contribution is -0.135. The molecule has 1 fully saturated rings. The maximum atomic E-state index is 11.6. The predicted octanol–water partition coefficient (Wildman–Crippen LogP) is -0.293. The molecule has 3 N–H and O–H groups in total. The average Bonchev–Trinajstić information content (AvgIpc) is 2.15. The van der Waals surface area contributed by atoms with E-state index >= 15 is 0 Å². The number of nitrogens with two attached hydrogens (primary N) is 1. The monoisotopic (exact) mass is 186 g/mol. The second-order valence-corrected chi connectivity index (χ2v) is 3.60. The van der Waals surface area contributed by atoms with E-state index < -0.39 is 6.04 Å². The minimum atomic E-state index is -0.398. The van der Waals surface area contributed by atoms with Crippen LogP contribution < -0.4 is 5.73 Å². The number of amides is 1. The summed E-state index contributed by atoms with van der Waals surface area (Å²) in [5.74, 6) is -0.0266. The molecule has 2 atom stereocenters. The Labute approximate surface area is 78.7 Å². The highest BCUT2D eigenvalue weighted by Crippen LogP contribution is 2.11. The Morgan fingerprint density at radius 2 is 2.46 bits per heavy atom. The van der Waals surface area contributed by atoms with Gasteiger partial charge in [-0.25, -0.2) is 0 Å². The topological polar surface area (TPSA) is 66.6 Å². The van der Waals surface area contributed by atoms with Crippen LogP contribution in [0.15, 0.2) is 0 Å². The van der Waals surface area contributed by atoms with Crippen molar-refractivity contribution in [1.82, 2.24) is 4.90 Å². The number of nitrogens with zero attached hydrogens (tertiary/aromatic N) is 1. The van der Waals surface area contributed by atoms with Gasteiger partial charge in [0.2, 0.25) is 5.91 Å². The van der Waals surface area contributed by atoms with Gasteiger partial charge >= 0.3 is 0 Å². The minimum Gasteiger partial charge on any atom is -0.391 e. The first-order valence-corrected chi connectivity index (χ1v) is 4.87. The lowest BCUT2D eigenvalue weighted by Gasteiger charge is -2.31. The largest absolute Gasteiger partial charge is 0.391 e. The summed E-state index contributed by atoms with van der Waals surface area (Å²) in [4.78, 5) is 13.2. The summed E-state index contributed by atoms with van der Waals surface area (Å²) in [5.41, 5.74) is 5.62. The Morgan fingerprint density at radius 3 is 3.00 bits per heavy atom. The van der Waals surface area contributed by atoms with Crippen LogP contribution in [0.25, 0.3) is 0 Å². The fraction of sp³-hybridized carbons (Fsp3) is 0.889. The molecule has 1 aliphatic rings. The van der Waals surface area contributed by atoms with Gasteiger partial charge < -0.3 is 15.7 Å². The lowest BCUT2D eigenvalue weighted by Crippen LogP contribution is -2.49. The fourth-order valence-corrected chi connectivity index (χ4v) is 1.56. The van der Waals surface area contributed by atoms with Crippen molar-refractivity contribution in [1.29, 1.82) is 0 Å². The van der Waals surface area contributed by atoms with Gasteiger partial charge in [-0.05, 0) is 19.3 Å². The van der Waals surface area contributed by atoms with Gasteiger partial charge in [0.05, 0.1) is 12.1 Å². The van der Waals surface area contributed by atoms with Crippen LogP contribution in [-0.2, 0) is 4.79 Å². The Hall–Kier alpha value is -0.610. The number of carbonyl (C=O) groups is 1. The van der Waals surface area contributed by atoms with Crippen molar-refractivity contribution in [3.63, 3.8) is 0 Å². The van der Waals surface area contributed by atoms with Crippen LogP contribution in [0.3, 0.4) is 0 Å². The summed E-state index contributed by atoms with van der Waals surface area (Å²) in [7, 11) is 0. The van der Waals surface area contributed by atoms with Gasteiger partial charge in [-0.1, -0.05) is 6.92 Å². The number of aliphatic hydroxyl groups is 1. The number of β-amino-alcohol motifs (C(OH)–C–C–N with tert-alkyl or cyclic N) is 1. The Morgan fingerprint density at radius 1 is 1.77 bits per heavy atom. The molecule has 0 saturated carbocycles. The van der Waals surface area contributed by atoms with E-state index in [9.17, 15) is 9.90 Å². The normalized spacial score (nSPS) is 25.8. The van der Waals surface area contributed by atoms with Gasteiger partial charge in [-0.15, -0.1) is 0 Å². The number of piperidine rings is 1. The number of carbonyl (C=O) groups excluding carboxylic acids is 1. The molecule has 0 aromatic carbocycles. The molecule has 0 aliphatic carbocycles.